The molecule has 0 aliphatic carbocycles. The Hall–Kier alpha value is -2.63. The summed E-state index contributed by atoms with van der Waals surface area (Å²) in [6.07, 6.45) is 1.58. The molecule has 0 aliphatic rings. The lowest BCUT2D eigenvalue weighted by Gasteiger charge is -2.08. The lowest BCUT2D eigenvalue weighted by Crippen LogP contribution is -1.98. The van der Waals surface area contributed by atoms with Gasteiger partial charge in [0, 0.05) is 30.1 Å². The summed E-state index contributed by atoms with van der Waals surface area (Å²) >= 11 is 0. The Morgan fingerprint density at radius 3 is 2.70 bits per heavy atom. The number of nitrogens with one attached hydrogen (secondary N) is 1. The Labute approximate surface area is 116 Å². The van der Waals surface area contributed by atoms with E-state index in [1.54, 1.807) is 18.3 Å². The van der Waals surface area contributed by atoms with E-state index in [2.05, 4.69) is 10.3 Å². The molecule has 0 fully saturated rings. The Bertz CT molecular complexity index is 612. The largest absolute Gasteiger partial charge is 0.455 e. The SMILES string of the molecule is CCNc1cc(Oc2ccc(C)nc2)cc([N+](=O)[O-])c1. The van der Waals surface area contributed by atoms with Crippen LogP contribution < -0.4 is 10.1 Å². The number of hydrogen-bond donors (Lipinski definition) is 1. The van der Waals surface area contributed by atoms with Gasteiger partial charge in [-0.3, -0.25) is 15.1 Å². The molecule has 0 aliphatic heterocycles. The van der Waals surface area contributed by atoms with Crippen LogP contribution in [0.4, 0.5) is 11.4 Å². The molecule has 0 atom stereocenters. The average molecular weight is 273 g/mol. The number of ether oxygens (including phenoxy) is 1. The van der Waals surface area contributed by atoms with Gasteiger partial charge in [-0.25, -0.2) is 0 Å². The normalized spacial score (nSPS) is 10.1. The van der Waals surface area contributed by atoms with Gasteiger partial charge in [-0.1, -0.05) is 0 Å². The van der Waals surface area contributed by atoms with E-state index in [9.17, 15) is 10.1 Å². The first-order valence-electron chi connectivity index (χ1n) is 6.22. The topological polar surface area (TPSA) is 77.3 Å². The number of nitro benzene ring substituents is 1. The van der Waals surface area contributed by atoms with Crippen molar-refractivity contribution in [1.82, 2.24) is 4.98 Å². The van der Waals surface area contributed by atoms with E-state index in [1.165, 1.54) is 12.1 Å². The maximum atomic E-state index is 10.9. The monoisotopic (exact) mass is 273 g/mol. The molecule has 0 saturated heterocycles. The smallest absolute Gasteiger partial charge is 0.275 e. The molecule has 0 bridgehead atoms. The highest BCUT2D eigenvalue weighted by molar-refractivity contribution is 5.57. The summed E-state index contributed by atoms with van der Waals surface area (Å²) in [4.78, 5) is 14.6. The fourth-order valence-electron chi connectivity index (χ4n) is 1.70. The summed E-state index contributed by atoms with van der Waals surface area (Å²) in [5.41, 5.74) is 1.51. The van der Waals surface area contributed by atoms with Gasteiger partial charge in [0.1, 0.15) is 11.5 Å². The van der Waals surface area contributed by atoms with E-state index in [-0.39, 0.29) is 5.69 Å². The molecule has 6 nitrogen and oxygen atoms in total. The third-order valence-corrected chi connectivity index (χ3v) is 2.60. The van der Waals surface area contributed by atoms with Crippen LogP contribution in [0.15, 0.2) is 36.5 Å². The van der Waals surface area contributed by atoms with Crippen LogP contribution >= 0.6 is 0 Å². The standard InChI is InChI=1S/C14H15N3O3/c1-3-15-11-6-12(17(18)19)8-14(7-11)20-13-5-4-10(2)16-9-13/h4-9,15H,3H2,1-2H3. The summed E-state index contributed by atoms with van der Waals surface area (Å²) in [6.45, 7) is 4.47. The molecule has 1 aromatic carbocycles. The second kappa shape index (κ2) is 6.01. The molecule has 0 saturated carbocycles. The molecule has 6 heteroatoms. The highest BCUT2D eigenvalue weighted by atomic mass is 16.6. The van der Waals surface area contributed by atoms with E-state index in [0.717, 1.165) is 5.69 Å². The molecule has 2 aromatic rings. The number of nitrogens with zero attached hydrogens (tertiary/aromatic N) is 2. The van der Waals surface area contributed by atoms with E-state index >= 15 is 0 Å². The molecular formula is C14H15N3O3. The highest BCUT2D eigenvalue weighted by Crippen LogP contribution is 2.29. The van der Waals surface area contributed by atoms with Gasteiger partial charge in [-0.15, -0.1) is 0 Å². The van der Waals surface area contributed by atoms with Crippen LogP contribution in [-0.4, -0.2) is 16.5 Å². The summed E-state index contributed by atoms with van der Waals surface area (Å²) in [5.74, 6) is 0.944. The van der Waals surface area contributed by atoms with E-state index in [1.807, 2.05) is 19.9 Å². The van der Waals surface area contributed by atoms with Gasteiger partial charge in [0.25, 0.3) is 5.69 Å². The number of nitro groups is 1. The maximum Gasteiger partial charge on any atom is 0.275 e. The van der Waals surface area contributed by atoms with Crippen LogP contribution in [0.25, 0.3) is 0 Å². The Morgan fingerprint density at radius 2 is 2.10 bits per heavy atom. The second-order valence-corrected chi connectivity index (χ2v) is 4.24. The summed E-state index contributed by atoms with van der Waals surface area (Å²) < 4.78 is 5.60. The van der Waals surface area contributed by atoms with Gasteiger partial charge in [0.05, 0.1) is 17.2 Å². The number of hydrogen-bond acceptors (Lipinski definition) is 5. The molecule has 2 rings (SSSR count). The fraction of sp³-hybridized carbons (Fsp3) is 0.214. The van der Waals surface area contributed by atoms with Gasteiger partial charge in [0.15, 0.2) is 0 Å². The zero-order valence-electron chi connectivity index (χ0n) is 11.3. The maximum absolute atomic E-state index is 10.9. The van der Waals surface area contributed by atoms with Gasteiger partial charge >= 0.3 is 0 Å². The number of pyridine rings is 1. The van der Waals surface area contributed by atoms with Gasteiger partial charge < -0.3 is 10.1 Å². The molecule has 20 heavy (non-hydrogen) atoms. The lowest BCUT2D eigenvalue weighted by molar-refractivity contribution is -0.384. The summed E-state index contributed by atoms with van der Waals surface area (Å²) in [7, 11) is 0. The minimum atomic E-state index is -0.443. The zero-order chi connectivity index (χ0) is 14.5. The van der Waals surface area contributed by atoms with Crippen LogP contribution in [0, 0.1) is 17.0 Å². The van der Waals surface area contributed by atoms with Gasteiger partial charge in [0.2, 0.25) is 0 Å². The third kappa shape index (κ3) is 3.44. The summed E-state index contributed by atoms with van der Waals surface area (Å²) in [6, 6.07) is 8.17. The number of non-ortho nitro benzene ring substituents is 1. The van der Waals surface area contributed by atoms with Crippen LogP contribution in [0.2, 0.25) is 0 Å². The molecule has 1 aromatic heterocycles. The minimum Gasteiger partial charge on any atom is -0.455 e. The third-order valence-electron chi connectivity index (χ3n) is 2.60. The van der Waals surface area contributed by atoms with Crippen LogP contribution in [0.3, 0.4) is 0 Å². The van der Waals surface area contributed by atoms with Crippen LogP contribution in [0.5, 0.6) is 11.5 Å². The molecule has 0 radical (unpaired) electrons. The molecule has 0 spiro atoms. The predicted molar refractivity (Wildman–Crippen MR) is 76.3 cm³/mol. The van der Waals surface area contributed by atoms with Crippen molar-refractivity contribution in [3.8, 4) is 11.5 Å². The Morgan fingerprint density at radius 1 is 1.30 bits per heavy atom. The van der Waals surface area contributed by atoms with Crippen molar-refractivity contribution >= 4 is 11.4 Å². The highest BCUT2D eigenvalue weighted by Gasteiger charge is 2.11. The van der Waals surface area contributed by atoms with Crippen molar-refractivity contribution in [3.63, 3.8) is 0 Å². The van der Waals surface area contributed by atoms with Gasteiger partial charge in [-0.05, 0) is 26.0 Å². The van der Waals surface area contributed by atoms with E-state index in [4.69, 9.17) is 4.74 Å². The molecule has 0 unspecified atom stereocenters. The van der Waals surface area contributed by atoms with Crippen molar-refractivity contribution in [2.75, 3.05) is 11.9 Å². The fourth-order valence-corrected chi connectivity index (χ4v) is 1.70. The van der Waals surface area contributed by atoms with Crippen molar-refractivity contribution in [2.45, 2.75) is 13.8 Å². The molecule has 1 heterocycles. The second-order valence-electron chi connectivity index (χ2n) is 4.24. The van der Waals surface area contributed by atoms with Crippen LogP contribution in [0.1, 0.15) is 12.6 Å². The predicted octanol–water partition coefficient (Wildman–Crippen LogP) is 3.52. The van der Waals surface area contributed by atoms with Crippen LogP contribution in [-0.2, 0) is 0 Å². The first-order chi connectivity index (χ1) is 9.58. The van der Waals surface area contributed by atoms with Crippen molar-refractivity contribution in [2.24, 2.45) is 0 Å². The number of aromatic nitrogens is 1. The number of anilines is 1. The lowest BCUT2D eigenvalue weighted by atomic mass is 10.2. The van der Waals surface area contributed by atoms with Gasteiger partial charge in [-0.2, -0.15) is 0 Å². The number of aryl methyl sites for hydroxylation is 1. The molecule has 104 valence electrons. The Balaban J connectivity index is 2.29. The molecule has 1 N–H and O–H groups in total. The van der Waals surface area contributed by atoms with Crippen molar-refractivity contribution in [3.05, 3.63) is 52.3 Å². The molecule has 0 amide bonds. The molecular weight excluding hydrogens is 258 g/mol. The number of rotatable bonds is 5. The van der Waals surface area contributed by atoms with Crippen molar-refractivity contribution < 1.29 is 9.66 Å². The van der Waals surface area contributed by atoms with E-state index < -0.39 is 4.92 Å². The zero-order valence-corrected chi connectivity index (χ0v) is 11.3. The number of benzene rings is 1. The summed E-state index contributed by atoms with van der Waals surface area (Å²) in [5, 5.41) is 14.0. The quantitative estimate of drug-likeness (QED) is 0.666. The first kappa shape index (κ1) is 13.8. The first-order valence-corrected chi connectivity index (χ1v) is 6.22. The average Bonchev–Trinajstić information content (AvgIpc) is 2.41. The Kier molecular flexibility index (Phi) is 4.14. The van der Waals surface area contributed by atoms with E-state index in [0.29, 0.717) is 23.7 Å². The van der Waals surface area contributed by atoms with Crippen molar-refractivity contribution in [1.29, 1.82) is 0 Å². The minimum absolute atomic E-state index is 0.0153.